The molecule has 0 spiro atoms. The van der Waals surface area contributed by atoms with Gasteiger partial charge in [-0.2, -0.15) is 0 Å². The number of aromatic nitrogens is 1. The lowest BCUT2D eigenvalue weighted by Crippen LogP contribution is -2.00. The van der Waals surface area contributed by atoms with Gasteiger partial charge in [-0.25, -0.2) is 0 Å². The van der Waals surface area contributed by atoms with Gasteiger partial charge in [0.2, 0.25) is 0 Å². The summed E-state index contributed by atoms with van der Waals surface area (Å²) in [6, 6.07) is 13.7. The summed E-state index contributed by atoms with van der Waals surface area (Å²) in [6.45, 7) is 0. The van der Waals surface area contributed by atoms with Gasteiger partial charge < -0.3 is 4.98 Å². The maximum atomic E-state index is 12.2. The lowest BCUT2D eigenvalue weighted by Gasteiger charge is -1.98. The van der Waals surface area contributed by atoms with Gasteiger partial charge in [0.05, 0.1) is 10.5 Å². The van der Waals surface area contributed by atoms with Gasteiger partial charge in [-0.1, -0.05) is 30.3 Å². The zero-order valence-electron chi connectivity index (χ0n) is 11.5. The Morgan fingerprint density at radius 3 is 2.64 bits per heavy atom. The molecule has 3 aromatic rings. The highest BCUT2D eigenvalue weighted by atomic mass is 16.6. The fraction of sp³-hybridized carbons (Fsp3) is 0. The molecule has 108 valence electrons. The minimum Gasteiger partial charge on any atom is -0.361 e. The second-order valence-electron chi connectivity index (χ2n) is 4.76. The second kappa shape index (κ2) is 5.65. The maximum absolute atomic E-state index is 12.2. The summed E-state index contributed by atoms with van der Waals surface area (Å²) >= 11 is 0. The third kappa shape index (κ3) is 2.52. The monoisotopic (exact) mass is 292 g/mol. The van der Waals surface area contributed by atoms with Crippen molar-refractivity contribution in [2.75, 3.05) is 0 Å². The van der Waals surface area contributed by atoms with Crippen molar-refractivity contribution >= 4 is 28.4 Å². The Bertz CT molecular complexity index is 894. The number of carbonyl (C=O) groups excluding carboxylic acids is 1. The molecule has 0 fully saturated rings. The predicted molar refractivity (Wildman–Crippen MR) is 84.8 cm³/mol. The Morgan fingerprint density at radius 1 is 1.09 bits per heavy atom. The molecule has 0 unspecified atom stereocenters. The number of aromatic amines is 1. The van der Waals surface area contributed by atoms with Crippen LogP contribution in [0.1, 0.15) is 15.9 Å². The van der Waals surface area contributed by atoms with Crippen LogP contribution in [0.5, 0.6) is 0 Å². The van der Waals surface area contributed by atoms with Crippen LogP contribution in [0.3, 0.4) is 0 Å². The smallest absolute Gasteiger partial charge is 0.280 e. The summed E-state index contributed by atoms with van der Waals surface area (Å²) < 4.78 is 0. The first-order valence-electron chi connectivity index (χ1n) is 6.69. The molecule has 0 aliphatic carbocycles. The van der Waals surface area contributed by atoms with Gasteiger partial charge in [0.25, 0.3) is 5.69 Å². The van der Waals surface area contributed by atoms with E-state index in [-0.39, 0.29) is 11.3 Å². The quantitative estimate of drug-likeness (QED) is 0.342. The minimum absolute atomic E-state index is 0.0867. The fourth-order valence-corrected chi connectivity index (χ4v) is 2.33. The van der Waals surface area contributed by atoms with Crippen molar-refractivity contribution < 1.29 is 9.72 Å². The predicted octanol–water partition coefficient (Wildman–Crippen LogP) is 3.97. The molecular weight excluding hydrogens is 280 g/mol. The van der Waals surface area contributed by atoms with Crippen LogP contribution in [-0.4, -0.2) is 15.7 Å². The summed E-state index contributed by atoms with van der Waals surface area (Å²) in [4.78, 5) is 25.7. The molecule has 0 saturated carbocycles. The van der Waals surface area contributed by atoms with E-state index in [9.17, 15) is 14.9 Å². The average Bonchev–Trinajstić information content (AvgIpc) is 2.96. The molecule has 0 aliphatic heterocycles. The van der Waals surface area contributed by atoms with Crippen LogP contribution in [0.2, 0.25) is 0 Å². The molecule has 0 atom stereocenters. The number of hydrogen-bond donors (Lipinski definition) is 1. The third-order valence-corrected chi connectivity index (χ3v) is 3.40. The molecule has 0 aliphatic rings. The first-order chi connectivity index (χ1) is 10.7. The molecule has 22 heavy (non-hydrogen) atoms. The van der Waals surface area contributed by atoms with Crippen molar-refractivity contribution in [3.63, 3.8) is 0 Å². The van der Waals surface area contributed by atoms with Crippen molar-refractivity contribution in [3.8, 4) is 0 Å². The van der Waals surface area contributed by atoms with Crippen molar-refractivity contribution in [3.05, 3.63) is 82.0 Å². The molecule has 1 aromatic heterocycles. The number of para-hydroxylation sites is 2. The Labute approximate surface area is 126 Å². The molecule has 0 radical (unpaired) electrons. The molecule has 1 heterocycles. The third-order valence-electron chi connectivity index (χ3n) is 3.40. The number of rotatable bonds is 4. The summed E-state index contributed by atoms with van der Waals surface area (Å²) in [6.07, 6.45) is 4.82. The summed E-state index contributed by atoms with van der Waals surface area (Å²) in [5, 5.41) is 12.0. The Hall–Kier alpha value is -3.21. The van der Waals surface area contributed by atoms with Crippen LogP contribution >= 0.6 is 0 Å². The van der Waals surface area contributed by atoms with Gasteiger partial charge in [0.1, 0.15) is 0 Å². The lowest BCUT2D eigenvalue weighted by atomic mass is 10.1. The van der Waals surface area contributed by atoms with E-state index in [0.29, 0.717) is 0 Å². The number of nitrogens with one attached hydrogen (secondary N) is 1. The average molecular weight is 292 g/mol. The van der Waals surface area contributed by atoms with Crippen molar-refractivity contribution in [1.82, 2.24) is 4.98 Å². The van der Waals surface area contributed by atoms with Gasteiger partial charge in [0.15, 0.2) is 5.78 Å². The highest BCUT2D eigenvalue weighted by Gasteiger charge is 2.16. The van der Waals surface area contributed by atoms with E-state index in [1.54, 1.807) is 18.3 Å². The van der Waals surface area contributed by atoms with E-state index < -0.39 is 10.7 Å². The number of hydrogen-bond acceptors (Lipinski definition) is 3. The Balaban J connectivity index is 1.93. The van der Waals surface area contributed by atoms with Crippen LogP contribution in [-0.2, 0) is 0 Å². The largest absolute Gasteiger partial charge is 0.361 e. The molecular formula is C17H12N2O3. The summed E-state index contributed by atoms with van der Waals surface area (Å²) in [5.74, 6) is -0.391. The number of nitro benzene ring substituents is 1. The van der Waals surface area contributed by atoms with E-state index in [2.05, 4.69) is 4.98 Å². The highest BCUT2D eigenvalue weighted by molar-refractivity contribution is 6.10. The summed E-state index contributed by atoms with van der Waals surface area (Å²) in [7, 11) is 0. The van der Waals surface area contributed by atoms with E-state index in [1.807, 2.05) is 24.3 Å². The van der Waals surface area contributed by atoms with Gasteiger partial charge in [-0.05, 0) is 29.8 Å². The van der Waals surface area contributed by atoms with Crippen molar-refractivity contribution in [1.29, 1.82) is 0 Å². The summed E-state index contributed by atoms with van der Waals surface area (Å²) in [5.41, 5.74) is 1.74. The number of allylic oxidation sites excluding steroid dienone is 1. The molecule has 3 rings (SSSR count). The number of fused-ring (bicyclic) bond motifs is 1. The Kier molecular flexibility index (Phi) is 3.53. The highest BCUT2D eigenvalue weighted by Crippen LogP contribution is 2.21. The number of ketones is 1. The lowest BCUT2D eigenvalue weighted by molar-refractivity contribution is -0.385. The molecule has 5 heteroatoms. The van der Waals surface area contributed by atoms with Crippen LogP contribution in [0.25, 0.3) is 17.0 Å². The number of H-pyrrole nitrogens is 1. The zero-order chi connectivity index (χ0) is 15.5. The fourth-order valence-electron chi connectivity index (χ4n) is 2.33. The maximum Gasteiger partial charge on any atom is 0.280 e. The molecule has 0 amide bonds. The normalized spacial score (nSPS) is 11.1. The number of benzene rings is 2. The van der Waals surface area contributed by atoms with Crippen LogP contribution < -0.4 is 0 Å². The SMILES string of the molecule is O=C(/C=C\c1c[nH]c2ccccc12)c1ccccc1[N+](=O)[O-]. The van der Waals surface area contributed by atoms with Crippen LogP contribution in [0.4, 0.5) is 5.69 Å². The molecule has 0 saturated heterocycles. The van der Waals surface area contributed by atoms with Gasteiger partial charge in [0, 0.05) is 23.2 Å². The van der Waals surface area contributed by atoms with E-state index in [1.165, 1.54) is 24.3 Å². The van der Waals surface area contributed by atoms with Gasteiger partial charge in [-0.3, -0.25) is 14.9 Å². The van der Waals surface area contributed by atoms with E-state index in [0.717, 1.165) is 16.5 Å². The number of nitrogens with zero attached hydrogens (tertiary/aromatic N) is 1. The number of nitro groups is 1. The molecule has 1 N–H and O–H groups in total. The Morgan fingerprint density at radius 2 is 1.82 bits per heavy atom. The van der Waals surface area contributed by atoms with Crippen molar-refractivity contribution in [2.45, 2.75) is 0 Å². The first kappa shape index (κ1) is 13.8. The molecule has 0 bridgehead atoms. The first-order valence-corrected chi connectivity index (χ1v) is 6.69. The second-order valence-corrected chi connectivity index (χ2v) is 4.76. The minimum atomic E-state index is -0.549. The topological polar surface area (TPSA) is 76.0 Å². The number of carbonyl (C=O) groups is 1. The van der Waals surface area contributed by atoms with Crippen molar-refractivity contribution in [2.24, 2.45) is 0 Å². The van der Waals surface area contributed by atoms with E-state index in [4.69, 9.17) is 0 Å². The van der Waals surface area contributed by atoms with Gasteiger partial charge in [-0.15, -0.1) is 0 Å². The van der Waals surface area contributed by atoms with E-state index >= 15 is 0 Å². The standard InChI is InChI=1S/C17H12N2O3/c20-17(14-6-2-4-8-16(14)19(21)22)10-9-12-11-18-15-7-3-1-5-13(12)15/h1-11,18H/b10-9-. The van der Waals surface area contributed by atoms with Crippen LogP contribution in [0, 0.1) is 10.1 Å². The molecule has 2 aromatic carbocycles. The van der Waals surface area contributed by atoms with Gasteiger partial charge >= 0.3 is 0 Å². The molecule has 5 nitrogen and oxygen atoms in total. The van der Waals surface area contributed by atoms with Crippen LogP contribution in [0.15, 0.2) is 60.8 Å². The zero-order valence-corrected chi connectivity index (χ0v) is 11.5.